The van der Waals surface area contributed by atoms with Crippen LogP contribution in [0.2, 0.25) is 0 Å². The predicted molar refractivity (Wildman–Crippen MR) is 140 cm³/mol. The monoisotopic (exact) mass is 492 g/mol. The number of hydrogen-bond donors (Lipinski definition) is 1. The first-order chi connectivity index (χ1) is 16.8. The number of nitrogens with one attached hydrogen (secondary N) is 1. The minimum atomic E-state index is -0.322. The molecule has 1 saturated heterocycles. The molecule has 0 aliphatic carbocycles. The maximum absolute atomic E-state index is 12.8. The van der Waals surface area contributed by atoms with E-state index in [9.17, 15) is 9.59 Å². The van der Waals surface area contributed by atoms with E-state index in [1.807, 2.05) is 29.6 Å². The van der Waals surface area contributed by atoms with Gasteiger partial charge in [0, 0.05) is 48.1 Å². The fourth-order valence-electron chi connectivity index (χ4n) is 4.05. The second kappa shape index (κ2) is 10.7. The Morgan fingerprint density at radius 2 is 1.63 bits per heavy atom. The molecule has 0 saturated carbocycles. The molecule has 1 N–H and O–H groups in total. The smallest absolute Gasteiger partial charge is 0.257 e. The van der Waals surface area contributed by atoms with Gasteiger partial charge in [0.25, 0.3) is 5.91 Å². The Hall–Kier alpha value is -3.07. The summed E-state index contributed by atoms with van der Waals surface area (Å²) in [5, 5.41) is 5.41. The van der Waals surface area contributed by atoms with Crippen LogP contribution in [-0.2, 0) is 5.41 Å². The highest BCUT2D eigenvalue weighted by molar-refractivity contribution is 7.14. The second-order valence-electron chi connectivity index (χ2n) is 9.43. The Morgan fingerprint density at radius 3 is 2.26 bits per heavy atom. The van der Waals surface area contributed by atoms with E-state index in [1.165, 1.54) is 11.3 Å². The van der Waals surface area contributed by atoms with Gasteiger partial charge in [0.1, 0.15) is 5.75 Å². The largest absolute Gasteiger partial charge is 0.497 e. The average Bonchev–Trinajstić information content (AvgIpc) is 3.35. The molecule has 7 nitrogen and oxygen atoms in total. The van der Waals surface area contributed by atoms with E-state index in [2.05, 4.69) is 41.0 Å². The summed E-state index contributed by atoms with van der Waals surface area (Å²) in [6.45, 7) is 8.36. The van der Waals surface area contributed by atoms with Crippen LogP contribution in [0.5, 0.6) is 5.75 Å². The number of benzene rings is 2. The zero-order chi connectivity index (χ0) is 25.0. The highest BCUT2D eigenvalue weighted by Gasteiger charge is 2.26. The van der Waals surface area contributed by atoms with E-state index >= 15 is 0 Å². The Morgan fingerprint density at radius 1 is 1.00 bits per heavy atom. The molecule has 1 aliphatic heterocycles. The van der Waals surface area contributed by atoms with E-state index in [1.54, 1.807) is 31.4 Å². The number of ketones is 1. The third-order valence-corrected chi connectivity index (χ3v) is 7.37. The molecule has 1 aliphatic rings. The van der Waals surface area contributed by atoms with Crippen molar-refractivity contribution in [3.63, 3.8) is 0 Å². The van der Waals surface area contributed by atoms with Crippen molar-refractivity contribution in [2.45, 2.75) is 19.3 Å². The fourth-order valence-corrected chi connectivity index (χ4v) is 4.92. The molecule has 1 fully saturated rings. The van der Waals surface area contributed by atoms with Crippen molar-refractivity contribution in [1.29, 1.82) is 0 Å². The number of hydrogen-bond acceptors (Lipinski definition) is 7. The molecule has 0 spiro atoms. The van der Waals surface area contributed by atoms with E-state index < -0.39 is 0 Å². The van der Waals surface area contributed by atoms with Crippen LogP contribution in [0.1, 0.15) is 45.8 Å². The number of thiazole rings is 1. The number of carbonyl (C=O) groups is 2. The summed E-state index contributed by atoms with van der Waals surface area (Å²) in [6, 6.07) is 14.8. The fraction of sp³-hybridized carbons (Fsp3) is 0.370. The topological polar surface area (TPSA) is 74.8 Å². The number of methoxy groups -OCH3 is 1. The minimum absolute atomic E-state index is 0.0758. The van der Waals surface area contributed by atoms with Gasteiger partial charge in [-0.3, -0.25) is 19.8 Å². The number of aromatic nitrogens is 1. The molecule has 1 amide bonds. The first-order valence-electron chi connectivity index (χ1n) is 11.7. The summed E-state index contributed by atoms with van der Waals surface area (Å²) in [5.74, 6) is 0.640. The van der Waals surface area contributed by atoms with Crippen LogP contribution in [0, 0.1) is 0 Å². The van der Waals surface area contributed by atoms with E-state index in [0.717, 1.165) is 43.2 Å². The van der Waals surface area contributed by atoms with Gasteiger partial charge in [-0.1, -0.05) is 38.1 Å². The van der Waals surface area contributed by atoms with E-state index in [0.29, 0.717) is 22.8 Å². The zero-order valence-corrected chi connectivity index (χ0v) is 21.5. The van der Waals surface area contributed by atoms with Crippen LogP contribution in [0.15, 0.2) is 53.9 Å². The summed E-state index contributed by atoms with van der Waals surface area (Å²) >= 11 is 1.40. The molecule has 0 atom stereocenters. The van der Waals surface area contributed by atoms with Crippen LogP contribution in [0.4, 0.5) is 5.13 Å². The van der Waals surface area contributed by atoms with Crippen molar-refractivity contribution in [3.8, 4) is 5.75 Å². The molecule has 8 heteroatoms. The lowest BCUT2D eigenvalue weighted by atomic mass is 9.82. The molecule has 0 unspecified atom stereocenters. The number of amides is 1. The van der Waals surface area contributed by atoms with E-state index in [4.69, 9.17) is 4.74 Å². The molecule has 35 heavy (non-hydrogen) atoms. The molecule has 4 rings (SSSR count). The van der Waals surface area contributed by atoms with Gasteiger partial charge < -0.3 is 9.64 Å². The lowest BCUT2D eigenvalue weighted by Gasteiger charge is -2.31. The van der Waals surface area contributed by atoms with Gasteiger partial charge in [0.15, 0.2) is 10.9 Å². The summed E-state index contributed by atoms with van der Waals surface area (Å²) < 4.78 is 5.25. The number of anilines is 1. The highest BCUT2D eigenvalue weighted by atomic mass is 32.1. The molecule has 3 aromatic rings. The van der Waals surface area contributed by atoms with Crippen LogP contribution < -0.4 is 10.1 Å². The van der Waals surface area contributed by atoms with Gasteiger partial charge in [0.05, 0.1) is 19.3 Å². The molecule has 2 aromatic carbocycles. The maximum Gasteiger partial charge on any atom is 0.257 e. The minimum Gasteiger partial charge on any atom is -0.497 e. The van der Waals surface area contributed by atoms with Crippen molar-refractivity contribution in [3.05, 3.63) is 76.3 Å². The summed E-state index contributed by atoms with van der Waals surface area (Å²) in [4.78, 5) is 34.5. The second-order valence-corrected chi connectivity index (χ2v) is 10.3. The van der Waals surface area contributed by atoms with Crippen molar-refractivity contribution in [2.24, 2.45) is 0 Å². The third-order valence-electron chi connectivity index (χ3n) is 6.61. The molecule has 2 heterocycles. The first-order valence-corrected chi connectivity index (χ1v) is 12.6. The van der Waals surface area contributed by atoms with Crippen molar-refractivity contribution < 1.29 is 14.3 Å². The van der Waals surface area contributed by atoms with Crippen LogP contribution in [0.3, 0.4) is 0 Å². The number of ether oxygens (including phenoxy) is 1. The summed E-state index contributed by atoms with van der Waals surface area (Å²) in [5.41, 5.74) is 2.79. The van der Waals surface area contributed by atoms with Gasteiger partial charge >= 0.3 is 0 Å². The van der Waals surface area contributed by atoms with Crippen LogP contribution >= 0.6 is 11.3 Å². The summed E-state index contributed by atoms with van der Waals surface area (Å²) in [7, 11) is 3.74. The normalized spacial score (nSPS) is 15.1. The van der Waals surface area contributed by atoms with Crippen molar-refractivity contribution >= 4 is 28.2 Å². The van der Waals surface area contributed by atoms with Gasteiger partial charge in [-0.15, -0.1) is 11.3 Å². The van der Waals surface area contributed by atoms with Gasteiger partial charge in [-0.05, 0) is 36.9 Å². The lowest BCUT2D eigenvalue weighted by Crippen LogP contribution is -2.46. The highest BCUT2D eigenvalue weighted by Crippen LogP contribution is 2.34. The zero-order valence-electron chi connectivity index (χ0n) is 20.7. The van der Waals surface area contributed by atoms with Gasteiger partial charge in [-0.25, -0.2) is 4.98 Å². The quantitative estimate of drug-likeness (QED) is 0.476. The van der Waals surface area contributed by atoms with E-state index in [-0.39, 0.29) is 17.1 Å². The Bertz CT molecular complexity index is 1160. The number of likely N-dealkylation sites (N-methyl/N-ethyl adjacent to an activating group) is 1. The molecule has 0 bridgehead atoms. The number of rotatable bonds is 8. The Kier molecular flexibility index (Phi) is 7.64. The predicted octanol–water partition coefficient (Wildman–Crippen LogP) is 4.16. The van der Waals surface area contributed by atoms with Crippen LogP contribution in [-0.4, -0.2) is 73.4 Å². The van der Waals surface area contributed by atoms with Crippen LogP contribution in [0.25, 0.3) is 0 Å². The molecule has 1 aromatic heterocycles. The molecular formula is C27H32N4O3S. The molecule has 0 radical (unpaired) electrons. The lowest BCUT2D eigenvalue weighted by molar-refractivity contribution is 0.0875. The first kappa shape index (κ1) is 25.0. The van der Waals surface area contributed by atoms with Crippen molar-refractivity contribution in [2.75, 3.05) is 52.2 Å². The third kappa shape index (κ3) is 5.96. The number of nitrogens with zero attached hydrogens (tertiary/aromatic N) is 3. The average molecular weight is 493 g/mol. The Balaban J connectivity index is 1.37. The summed E-state index contributed by atoms with van der Waals surface area (Å²) in [6.07, 6.45) is 0. The Labute approximate surface area is 210 Å². The van der Waals surface area contributed by atoms with Crippen molar-refractivity contribution in [1.82, 2.24) is 14.8 Å². The van der Waals surface area contributed by atoms with Gasteiger partial charge in [-0.2, -0.15) is 0 Å². The SMILES string of the molecule is COc1ccc(C(C)(C)c2csc(NC(=O)c3ccc(C(=O)CN4CCN(C)CC4)cc3)n2)cc1. The number of carbonyl (C=O) groups excluding carboxylic acids is 2. The number of piperazine rings is 1. The number of Topliss-reactive ketones (excluding diaryl/α,β-unsaturated/α-hetero) is 1. The maximum atomic E-state index is 12.8. The standard InChI is InChI=1S/C27H32N4O3S/c1-27(2,21-9-11-22(34-4)12-10-21)24-18-35-26(28-24)29-25(33)20-7-5-19(6-8-20)23(32)17-31-15-13-30(3)14-16-31/h5-12,18H,13-17H2,1-4H3,(H,28,29,33). The molecule has 184 valence electrons. The van der Waals surface area contributed by atoms with Gasteiger partial charge in [0.2, 0.25) is 0 Å². The molecular weight excluding hydrogens is 460 g/mol.